The highest BCUT2D eigenvalue weighted by atomic mass is 32.2. The van der Waals surface area contributed by atoms with E-state index in [1.165, 1.54) is 18.2 Å². The van der Waals surface area contributed by atoms with E-state index in [1.807, 2.05) is 0 Å². The Labute approximate surface area is 99.8 Å². The molecule has 1 rings (SSSR count). The summed E-state index contributed by atoms with van der Waals surface area (Å²) in [6, 6.07) is 6.10. The molecule has 17 heavy (non-hydrogen) atoms. The monoisotopic (exact) mass is 255 g/mol. The fourth-order valence-electron chi connectivity index (χ4n) is 1.22. The Morgan fingerprint density at radius 1 is 1.47 bits per heavy atom. The first-order chi connectivity index (χ1) is 7.94. The van der Waals surface area contributed by atoms with Gasteiger partial charge < -0.3 is 5.11 Å². The van der Waals surface area contributed by atoms with Crippen molar-refractivity contribution in [3.05, 3.63) is 48.0 Å². The quantitative estimate of drug-likeness (QED) is 0.742. The standard InChI is InChI=1S/C11H13NO4S/c1-2-6-17(15,16)12-8-9-4-3-5-10(7-9)11(13)14/h2-5,7,12H,1,6,8H2,(H,13,14). The Morgan fingerprint density at radius 2 is 2.18 bits per heavy atom. The summed E-state index contributed by atoms with van der Waals surface area (Å²) in [6.45, 7) is 3.41. The van der Waals surface area contributed by atoms with Crippen molar-refractivity contribution in [1.29, 1.82) is 0 Å². The molecule has 0 spiro atoms. The zero-order chi connectivity index (χ0) is 12.9. The van der Waals surface area contributed by atoms with Crippen LogP contribution in [0.25, 0.3) is 0 Å². The third-order valence-corrected chi connectivity index (χ3v) is 3.27. The Morgan fingerprint density at radius 3 is 2.76 bits per heavy atom. The molecule has 0 saturated carbocycles. The number of hydrogen-bond donors (Lipinski definition) is 2. The summed E-state index contributed by atoms with van der Waals surface area (Å²) in [5.74, 6) is -1.20. The molecule has 5 nitrogen and oxygen atoms in total. The minimum Gasteiger partial charge on any atom is -0.478 e. The summed E-state index contributed by atoms with van der Waals surface area (Å²) in [4.78, 5) is 10.7. The molecule has 6 heteroatoms. The predicted octanol–water partition coefficient (Wildman–Crippen LogP) is 0.990. The normalized spacial score (nSPS) is 11.1. The van der Waals surface area contributed by atoms with Gasteiger partial charge in [-0.3, -0.25) is 0 Å². The number of sulfonamides is 1. The summed E-state index contributed by atoms with van der Waals surface area (Å²) in [7, 11) is -3.38. The van der Waals surface area contributed by atoms with Crippen LogP contribution >= 0.6 is 0 Å². The number of carboxylic acid groups (broad SMARTS) is 1. The van der Waals surface area contributed by atoms with Gasteiger partial charge in [-0.25, -0.2) is 17.9 Å². The van der Waals surface area contributed by atoms with Gasteiger partial charge >= 0.3 is 5.97 Å². The summed E-state index contributed by atoms with van der Waals surface area (Å²) in [5, 5.41) is 8.77. The summed E-state index contributed by atoms with van der Waals surface area (Å²) in [6.07, 6.45) is 1.29. The number of carboxylic acids is 1. The van der Waals surface area contributed by atoms with Crippen molar-refractivity contribution in [2.45, 2.75) is 6.54 Å². The molecule has 0 fully saturated rings. The molecule has 0 radical (unpaired) electrons. The molecule has 0 bridgehead atoms. The highest BCUT2D eigenvalue weighted by Crippen LogP contribution is 2.05. The summed E-state index contributed by atoms with van der Waals surface area (Å²) < 4.78 is 25.0. The van der Waals surface area contributed by atoms with E-state index < -0.39 is 16.0 Å². The van der Waals surface area contributed by atoms with Gasteiger partial charge in [0.2, 0.25) is 10.0 Å². The van der Waals surface area contributed by atoms with Crippen LogP contribution in [0.4, 0.5) is 0 Å². The summed E-state index contributed by atoms with van der Waals surface area (Å²) in [5.41, 5.74) is 0.725. The molecule has 0 saturated heterocycles. The molecular weight excluding hydrogens is 242 g/mol. The zero-order valence-corrected chi connectivity index (χ0v) is 9.90. The van der Waals surface area contributed by atoms with Gasteiger partial charge in [-0.15, -0.1) is 6.58 Å². The average molecular weight is 255 g/mol. The smallest absolute Gasteiger partial charge is 0.335 e. The van der Waals surface area contributed by atoms with E-state index >= 15 is 0 Å². The molecule has 1 aromatic carbocycles. The van der Waals surface area contributed by atoms with Crippen LogP contribution in [0.3, 0.4) is 0 Å². The number of benzene rings is 1. The number of nitrogens with one attached hydrogen (secondary N) is 1. The molecule has 92 valence electrons. The minimum absolute atomic E-state index is 0.0668. The predicted molar refractivity (Wildman–Crippen MR) is 64.2 cm³/mol. The van der Waals surface area contributed by atoms with Crippen LogP contribution < -0.4 is 4.72 Å². The first-order valence-electron chi connectivity index (χ1n) is 4.85. The van der Waals surface area contributed by atoms with Crippen molar-refractivity contribution >= 4 is 16.0 Å². The van der Waals surface area contributed by atoms with Crippen LogP contribution in [0.15, 0.2) is 36.9 Å². The number of aromatic carboxylic acids is 1. The van der Waals surface area contributed by atoms with Gasteiger partial charge in [-0.05, 0) is 17.7 Å². The minimum atomic E-state index is -3.38. The highest BCUT2D eigenvalue weighted by molar-refractivity contribution is 7.89. The average Bonchev–Trinajstić information content (AvgIpc) is 2.27. The van der Waals surface area contributed by atoms with Crippen LogP contribution in [0.5, 0.6) is 0 Å². The third kappa shape index (κ3) is 4.38. The van der Waals surface area contributed by atoms with E-state index in [1.54, 1.807) is 12.1 Å². The Kier molecular flexibility index (Phi) is 4.42. The van der Waals surface area contributed by atoms with Gasteiger partial charge in [0.05, 0.1) is 11.3 Å². The fraction of sp³-hybridized carbons (Fsp3) is 0.182. The second-order valence-electron chi connectivity index (χ2n) is 3.40. The molecular formula is C11H13NO4S. The maximum Gasteiger partial charge on any atom is 0.335 e. The van der Waals surface area contributed by atoms with Crippen LogP contribution in [0.2, 0.25) is 0 Å². The van der Waals surface area contributed by atoms with Crippen LogP contribution in [0.1, 0.15) is 15.9 Å². The van der Waals surface area contributed by atoms with Crippen molar-refractivity contribution in [2.24, 2.45) is 0 Å². The molecule has 0 aromatic heterocycles. The van der Waals surface area contributed by atoms with E-state index in [2.05, 4.69) is 11.3 Å². The molecule has 0 atom stereocenters. The number of carbonyl (C=O) groups is 1. The lowest BCUT2D eigenvalue weighted by atomic mass is 10.1. The fourth-order valence-corrected chi connectivity index (χ4v) is 2.04. The lowest BCUT2D eigenvalue weighted by Gasteiger charge is -2.05. The highest BCUT2D eigenvalue weighted by Gasteiger charge is 2.08. The van der Waals surface area contributed by atoms with E-state index in [0.717, 1.165) is 0 Å². The van der Waals surface area contributed by atoms with Gasteiger partial charge in [0.15, 0.2) is 0 Å². The SMILES string of the molecule is C=CCS(=O)(=O)NCc1cccc(C(=O)O)c1. The van der Waals surface area contributed by atoms with Crippen molar-refractivity contribution in [2.75, 3.05) is 5.75 Å². The van der Waals surface area contributed by atoms with Gasteiger partial charge in [-0.2, -0.15) is 0 Å². The van der Waals surface area contributed by atoms with Gasteiger partial charge in [0.1, 0.15) is 0 Å². The first-order valence-corrected chi connectivity index (χ1v) is 6.50. The molecule has 0 heterocycles. The number of rotatable bonds is 6. The molecule has 1 aromatic rings. The van der Waals surface area contributed by atoms with Gasteiger partial charge in [0, 0.05) is 6.54 Å². The third-order valence-electron chi connectivity index (χ3n) is 2.01. The molecule has 0 aliphatic rings. The first kappa shape index (κ1) is 13.4. The maximum atomic E-state index is 11.3. The maximum absolute atomic E-state index is 11.3. The molecule has 0 unspecified atom stereocenters. The van der Waals surface area contributed by atoms with E-state index in [-0.39, 0.29) is 17.9 Å². The van der Waals surface area contributed by atoms with Gasteiger partial charge in [-0.1, -0.05) is 18.2 Å². The van der Waals surface area contributed by atoms with Crippen molar-refractivity contribution in [3.8, 4) is 0 Å². The van der Waals surface area contributed by atoms with Crippen LogP contribution in [-0.4, -0.2) is 25.2 Å². The lowest BCUT2D eigenvalue weighted by Crippen LogP contribution is -2.25. The Balaban J connectivity index is 2.73. The molecule has 2 N–H and O–H groups in total. The van der Waals surface area contributed by atoms with E-state index in [0.29, 0.717) is 5.56 Å². The molecule has 0 amide bonds. The van der Waals surface area contributed by atoms with Crippen LogP contribution in [-0.2, 0) is 16.6 Å². The van der Waals surface area contributed by atoms with Gasteiger partial charge in [0.25, 0.3) is 0 Å². The summed E-state index contributed by atoms with van der Waals surface area (Å²) >= 11 is 0. The Hall–Kier alpha value is -1.66. The largest absolute Gasteiger partial charge is 0.478 e. The lowest BCUT2D eigenvalue weighted by molar-refractivity contribution is 0.0696. The Bertz CT molecular complexity index is 522. The topological polar surface area (TPSA) is 83.5 Å². The van der Waals surface area contributed by atoms with Crippen molar-refractivity contribution in [3.63, 3.8) is 0 Å². The van der Waals surface area contributed by atoms with E-state index in [9.17, 15) is 13.2 Å². The van der Waals surface area contributed by atoms with Crippen molar-refractivity contribution in [1.82, 2.24) is 4.72 Å². The molecule has 0 aliphatic heterocycles. The van der Waals surface area contributed by atoms with Crippen molar-refractivity contribution < 1.29 is 18.3 Å². The second-order valence-corrected chi connectivity index (χ2v) is 5.25. The van der Waals surface area contributed by atoms with E-state index in [4.69, 9.17) is 5.11 Å². The zero-order valence-electron chi connectivity index (χ0n) is 9.09. The molecule has 0 aliphatic carbocycles. The van der Waals surface area contributed by atoms with Crippen LogP contribution in [0, 0.1) is 0 Å². The second kappa shape index (κ2) is 5.60. The number of hydrogen-bond acceptors (Lipinski definition) is 3.